The molecule has 0 fully saturated rings. The van der Waals surface area contributed by atoms with Crippen molar-refractivity contribution in [3.05, 3.63) is 71.3 Å². The van der Waals surface area contributed by atoms with Gasteiger partial charge in [0.2, 0.25) is 11.8 Å². The fraction of sp³-hybridized carbons (Fsp3) is 0.391. The molecule has 2 aromatic rings. The third-order valence-corrected chi connectivity index (χ3v) is 4.86. The van der Waals surface area contributed by atoms with Crippen molar-refractivity contribution < 1.29 is 9.59 Å². The smallest absolute Gasteiger partial charge is 0.222 e. The van der Waals surface area contributed by atoms with Crippen LogP contribution in [-0.2, 0) is 22.7 Å². The number of amides is 2. The Labute approximate surface area is 168 Å². The van der Waals surface area contributed by atoms with Crippen LogP contribution in [0.4, 0.5) is 0 Å². The highest BCUT2D eigenvalue weighted by atomic mass is 16.2. The van der Waals surface area contributed by atoms with Gasteiger partial charge in [-0.1, -0.05) is 54.6 Å². The van der Waals surface area contributed by atoms with Crippen molar-refractivity contribution in [1.82, 2.24) is 15.5 Å². The quantitative estimate of drug-likeness (QED) is 0.700. The Balaban J connectivity index is 2.00. The van der Waals surface area contributed by atoms with Gasteiger partial charge in [-0.3, -0.25) is 14.5 Å². The van der Waals surface area contributed by atoms with Crippen LogP contribution in [0.15, 0.2) is 54.6 Å². The number of nitrogens with zero attached hydrogens (tertiary/aromatic N) is 1. The summed E-state index contributed by atoms with van der Waals surface area (Å²) in [5, 5.41) is 5.88. The number of carbonyl (C=O) groups excluding carboxylic acids is 2. The number of rotatable bonds is 9. The lowest BCUT2D eigenvalue weighted by molar-refractivity contribution is -0.122. The first kappa shape index (κ1) is 21.6. The van der Waals surface area contributed by atoms with Gasteiger partial charge in [0.05, 0.1) is 12.5 Å². The fourth-order valence-corrected chi connectivity index (χ4v) is 2.97. The summed E-state index contributed by atoms with van der Waals surface area (Å²) in [4.78, 5) is 26.4. The molecular weight excluding hydrogens is 350 g/mol. The van der Waals surface area contributed by atoms with E-state index in [1.54, 1.807) is 0 Å². The maximum atomic E-state index is 12.6. The van der Waals surface area contributed by atoms with E-state index in [1.807, 2.05) is 48.5 Å². The van der Waals surface area contributed by atoms with Crippen LogP contribution in [0.25, 0.3) is 0 Å². The lowest BCUT2D eigenvalue weighted by Gasteiger charge is -2.23. The largest absolute Gasteiger partial charge is 0.352 e. The van der Waals surface area contributed by atoms with Crippen molar-refractivity contribution in [3.63, 3.8) is 0 Å². The normalized spacial score (nSPS) is 12.1. The van der Waals surface area contributed by atoms with Crippen molar-refractivity contribution in [3.8, 4) is 0 Å². The number of hydrogen-bond donors (Lipinski definition) is 2. The summed E-state index contributed by atoms with van der Waals surface area (Å²) in [5.74, 6) is -0.238. The summed E-state index contributed by atoms with van der Waals surface area (Å²) in [6.07, 6.45) is 0.206. The number of benzene rings is 2. The number of carbonyl (C=O) groups is 2. The minimum Gasteiger partial charge on any atom is -0.352 e. The zero-order chi connectivity index (χ0) is 20.5. The van der Waals surface area contributed by atoms with Crippen LogP contribution in [0, 0.1) is 0 Å². The van der Waals surface area contributed by atoms with Gasteiger partial charge in [-0.05, 0) is 37.6 Å². The molecule has 5 heteroatoms. The summed E-state index contributed by atoms with van der Waals surface area (Å²) in [5.41, 5.74) is 3.24. The van der Waals surface area contributed by atoms with Gasteiger partial charge in [0, 0.05) is 26.1 Å². The van der Waals surface area contributed by atoms with Gasteiger partial charge in [0.15, 0.2) is 0 Å². The number of nitrogens with one attached hydrogen (secondary N) is 2. The molecule has 1 unspecified atom stereocenters. The summed E-state index contributed by atoms with van der Waals surface area (Å²) in [6, 6.07) is 17.9. The predicted molar refractivity (Wildman–Crippen MR) is 113 cm³/mol. The molecule has 150 valence electrons. The molecule has 2 aromatic carbocycles. The highest BCUT2D eigenvalue weighted by Crippen LogP contribution is 2.17. The first-order valence-electron chi connectivity index (χ1n) is 9.72. The SMILES string of the molecule is CC(=O)NC(CC(=O)NCc1ccccc1CN(C)C(C)C)c1ccccc1. The molecule has 0 aliphatic carbocycles. The van der Waals surface area contributed by atoms with E-state index in [1.165, 1.54) is 12.5 Å². The van der Waals surface area contributed by atoms with Gasteiger partial charge in [-0.25, -0.2) is 0 Å². The molecule has 0 aliphatic rings. The summed E-state index contributed by atoms with van der Waals surface area (Å²) in [7, 11) is 2.10. The maximum Gasteiger partial charge on any atom is 0.222 e. The zero-order valence-corrected chi connectivity index (χ0v) is 17.2. The van der Waals surface area contributed by atoms with E-state index < -0.39 is 0 Å². The molecule has 0 saturated heterocycles. The maximum absolute atomic E-state index is 12.6. The predicted octanol–water partition coefficient (Wildman–Crippen LogP) is 3.41. The zero-order valence-electron chi connectivity index (χ0n) is 17.2. The summed E-state index contributed by atoms with van der Waals surface area (Å²) >= 11 is 0. The Bertz CT molecular complexity index is 774. The van der Waals surface area contributed by atoms with E-state index in [-0.39, 0.29) is 24.3 Å². The minimum atomic E-state index is -0.332. The van der Waals surface area contributed by atoms with E-state index in [4.69, 9.17) is 0 Å². The van der Waals surface area contributed by atoms with E-state index in [0.29, 0.717) is 12.6 Å². The van der Waals surface area contributed by atoms with Crippen molar-refractivity contribution in [2.24, 2.45) is 0 Å². The van der Waals surface area contributed by atoms with Gasteiger partial charge in [0.25, 0.3) is 0 Å². The molecule has 0 aliphatic heterocycles. The molecular formula is C23H31N3O2. The van der Waals surface area contributed by atoms with Gasteiger partial charge in [0.1, 0.15) is 0 Å². The Morgan fingerprint density at radius 1 is 0.964 bits per heavy atom. The van der Waals surface area contributed by atoms with Gasteiger partial charge < -0.3 is 10.6 Å². The molecule has 28 heavy (non-hydrogen) atoms. The number of hydrogen-bond acceptors (Lipinski definition) is 3. The highest BCUT2D eigenvalue weighted by molar-refractivity contribution is 5.79. The Morgan fingerprint density at radius 3 is 2.18 bits per heavy atom. The lowest BCUT2D eigenvalue weighted by Crippen LogP contribution is -2.32. The molecule has 2 amide bonds. The van der Waals surface area contributed by atoms with Crippen LogP contribution in [0.1, 0.15) is 49.9 Å². The van der Waals surface area contributed by atoms with Crippen LogP contribution in [-0.4, -0.2) is 29.8 Å². The van der Waals surface area contributed by atoms with E-state index in [2.05, 4.69) is 42.5 Å². The van der Waals surface area contributed by atoms with Gasteiger partial charge in [-0.15, -0.1) is 0 Å². The van der Waals surface area contributed by atoms with Gasteiger partial charge in [-0.2, -0.15) is 0 Å². The van der Waals surface area contributed by atoms with Gasteiger partial charge >= 0.3 is 0 Å². The summed E-state index contributed by atoms with van der Waals surface area (Å²) in [6.45, 7) is 7.10. The standard InChI is InChI=1S/C23H31N3O2/c1-17(2)26(4)16-21-13-9-8-12-20(21)15-24-23(28)14-22(25-18(3)27)19-10-6-5-7-11-19/h5-13,17,22H,14-16H2,1-4H3,(H,24,28)(H,25,27). The third kappa shape index (κ3) is 6.82. The Kier molecular flexibility index (Phi) is 8.20. The third-order valence-electron chi connectivity index (χ3n) is 4.86. The van der Waals surface area contributed by atoms with E-state index in [0.717, 1.165) is 17.7 Å². The first-order chi connectivity index (χ1) is 13.4. The van der Waals surface area contributed by atoms with Crippen molar-refractivity contribution in [2.75, 3.05) is 7.05 Å². The molecule has 2 N–H and O–H groups in total. The first-order valence-corrected chi connectivity index (χ1v) is 9.72. The average molecular weight is 382 g/mol. The van der Waals surface area contributed by atoms with Crippen molar-refractivity contribution >= 4 is 11.8 Å². The molecule has 0 saturated carbocycles. The molecule has 1 atom stereocenters. The van der Waals surface area contributed by atoms with E-state index >= 15 is 0 Å². The van der Waals surface area contributed by atoms with Crippen molar-refractivity contribution in [1.29, 1.82) is 0 Å². The van der Waals surface area contributed by atoms with Crippen LogP contribution in [0.3, 0.4) is 0 Å². The fourth-order valence-electron chi connectivity index (χ4n) is 2.97. The molecule has 2 rings (SSSR count). The molecule has 0 radical (unpaired) electrons. The molecule has 0 bridgehead atoms. The van der Waals surface area contributed by atoms with Crippen LogP contribution in [0.5, 0.6) is 0 Å². The molecule has 0 heterocycles. The second-order valence-electron chi connectivity index (χ2n) is 7.42. The van der Waals surface area contributed by atoms with Crippen LogP contribution >= 0.6 is 0 Å². The second-order valence-corrected chi connectivity index (χ2v) is 7.42. The average Bonchev–Trinajstić information content (AvgIpc) is 2.67. The van der Waals surface area contributed by atoms with Crippen LogP contribution < -0.4 is 10.6 Å². The Hall–Kier alpha value is -2.66. The Morgan fingerprint density at radius 2 is 1.57 bits per heavy atom. The lowest BCUT2D eigenvalue weighted by atomic mass is 10.0. The monoisotopic (exact) mass is 381 g/mol. The second kappa shape index (κ2) is 10.6. The van der Waals surface area contributed by atoms with Crippen LogP contribution in [0.2, 0.25) is 0 Å². The highest BCUT2D eigenvalue weighted by Gasteiger charge is 2.17. The topological polar surface area (TPSA) is 61.4 Å². The van der Waals surface area contributed by atoms with Crippen molar-refractivity contribution in [2.45, 2.75) is 52.4 Å². The minimum absolute atomic E-state index is 0.0883. The molecule has 0 spiro atoms. The molecule has 5 nitrogen and oxygen atoms in total. The van der Waals surface area contributed by atoms with E-state index in [9.17, 15) is 9.59 Å². The molecule has 0 aromatic heterocycles. The summed E-state index contributed by atoms with van der Waals surface area (Å²) < 4.78 is 0.